The third kappa shape index (κ3) is 5.00. The SMILES string of the molecule is Cl.NCC1CCC(CCOc2ccccc2F)CC1. The number of para-hydroxylation sites is 1. The van der Waals surface area contributed by atoms with Crippen LogP contribution in [0, 0.1) is 17.7 Å². The van der Waals surface area contributed by atoms with Gasteiger partial charge < -0.3 is 10.5 Å². The van der Waals surface area contributed by atoms with Gasteiger partial charge >= 0.3 is 0 Å². The van der Waals surface area contributed by atoms with E-state index in [0.717, 1.165) is 18.9 Å². The van der Waals surface area contributed by atoms with E-state index in [1.54, 1.807) is 18.2 Å². The Kier molecular flexibility index (Phi) is 7.17. The standard InChI is InChI=1S/C15H22FNO.ClH/c16-14-3-1-2-4-15(14)18-10-9-12-5-7-13(11-17)8-6-12;/h1-4,12-13H,5-11,17H2;1H. The summed E-state index contributed by atoms with van der Waals surface area (Å²) in [5.74, 6) is 1.53. The summed E-state index contributed by atoms with van der Waals surface area (Å²) in [7, 11) is 0. The molecule has 19 heavy (non-hydrogen) atoms. The van der Waals surface area contributed by atoms with E-state index in [-0.39, 0.29) is 18.2 Å². The highest BCUT2D eigenvalue weighted by atomic mass is 35.5. The van der Waals surface area contributed by atoms with Gasteiger partial charge in [-0.15, -0.1) is 12.4 Å². The fraction of sp³-hybridized carbons (Fsp3) is 0.600. The number of hydrogen-bond donors (Lipinski definition) is 1. The number of rotatable bonds is 5. The Balaban J connectivity index is 0.00000180. The van der Waals surface area contributed by atoms with Gasteiger partial charge in [-0.2, -0.15) is 0 Å². The largest absolute Gasteiger partial charge is 0.491 e. The van der Waals surface area contributed by atoms with Crippen LogP contribution in [0.2, 0.25) is 0 Å². The predicted octanol–water partition coefficient (Wildman–Crippen LogP) is 3.78. The molecule has 0 amide bonds. The second-order valence-corrected chi connectivity index (χ2v) is 5.19. The fourth-order valence-corrected chi connectivity index (χ4v) is 2.65. The van der Waals surface area contributed by atoms with Crippen molar-refractivity contribution in [2.24, 2.45) is 17.6 Å². The van der Waals surface area contributed by atoms with Crippen molar-refractivity contribution in [3.63, 3.8) is 0 Å². The smallest absolute Gasteiger partial charge is 0.165 e. The molecule has 0 aromatic heterocycles. The van der Waals surface area contributed by atoms with E-state index >= 15 is 0 Å². The van der Waals surface area contributed by atoms with Crippen LogP contribution in [0.4, 0.5) is 4.39 Å². The minimum absolute atomic E-state index is 0. The van der Waals surface area contributed by atoms with Gasteiger partial charge in [0.25, 0.3) is 0 Å². The summed E-state index contributed by atoms with van der Waals surface area (Å²) >= 11 is 0. The minimum Gasteiger partial charge on any atom is -0.491 e. The lowest BCUT2D eigenvalue weighted by atomic mass is 9.81. The van der Waals surface area contributed by atoms with Gasteiger partial charge in [0.2, 0.25) is 0 Å². The van der Waals surface area contributed by atoms with Crippen molar-refractivity contribution in [3.8, 4) is 5.75 Å². The van der Waals surface area contributed by atoms with Gasteiger partial charge in [0.05, 0.1) is 6.61 Å². The molecule has 0 bridgehead atoms. The van der Waals surface area contributed by atoms with Crippen LogP contribution in [-0.4, -0.2) is 13.2 Å². The average molecular weight is 288 g/mol. The van der Waals surface area contributed by atoms with Gasteiger partial charge in [-0.3, -0.25) is 0 Å². The lowest BCUT2D eigenvalue weighted by Gasteiger charge is -2.27. The first kappa shape index (κ1) is 16.3. The summed E-state index contributed by atoms with van der Waals surface area (Å²) in [6.07, 6.45) is 5.97. The molecule has 0 unspecified atom stereocenters. The van der Waals surface area contributed by atoms with E-state index in [4.69, 9.17) is 10.5 Å². The molecule has 2 rings (SSSR count). The number of hydrogen-bond acceptors (Lipinski definition) is 2. The monoisotopic (exact) mass is 287 g/mol. The maximum Gasteiger partial charge on any atom is 0.165 e. The van der Waals surface area contributed by atoms with Crippen LogP contribution in [0.5, 0.6) is 5.75 Å². The summed E-state index contributed by atoms with van der Waals surface area (Å²) in [5, 5.41) is 0. The molecule has 2 nitrogen and oxygen atoms in total. The first-order valence-electron chi connectivity index (χ1n) is 6.87. The Morgan fingerprint density at radius 2 is 1.74 bits per heavy atom. The second kappa shape index (κ2) is 8.39. The summed E-state index contributed by atoms with van der Waals surface area (Å²) in [5.41, 5.74) is 5.68. The Labute approximate surface area is 120 Å². The van der Waals surface area contributed by atoms with Gasteiger partial charge in [0.15, 0.2) is 11.6 Å². The van der Waals surface area contributed by atoms with Gasteiger partial charge in [-0.1, -0.05) is 25.0 Å². The number of benzene rings is 1. The number of halogens is 2. The summed E-state index contributed by atoms with van der Waals surface area (Å²) in [4.78, 5) is 0. The highest BCUT2D eigenvalue weighted by Gasteiger charge is 2.20. The van der Waals surface area contributed by atoms with Gasteiger partial charge in [0.1, 0.15) is 0 Å². The van der Waals surface area contributed by atoms with Crippen molar-refractivity contribution in [2.45, 2.75) is 32.1 Å². The van der Waals surface area contributed by atoms with Crippen molar-refractivity contribution in [2.75, 3.05) is 13.2 Å². The van der Waals surface area contributed by atoms with E-state index in [9.17, 15) is 4.39 Å². The van der Waals surface area contributed by atoms with Crippen LogP contribution < -0.4 is 10.5 Å². The molecule has 0 radical (unpaired) electrons. The summed E-state index contributed by atoms with van der Waals surface area (Å²) in [6.45, 7) is 1.43. The molecule has 0 aliphatic heterocycles. The minimum atomic E-state index is -0.274. The third-order valence-electron chi connectivity index (χ3n) is 3.92. The Bertz CT molecular complexity index is 367. The first-order chi connectivity index (χ1) is 8.79. The van der Waals surface area contributed by atoms with Crippen LogP contribution in [0.25, 0.3) is 0 Å². The van der Waals surface area contributed by atoms with E-state index in [1.807, 2.05) is 0 Å². The quantitative estimate of drug-likeness (QED) is 0.894. The predicted molar refractivity (Wildman–Crippen MR) is 78.3 cm³/mol. The van der Waals surface area contributed by atoms with E-state index in [2.05, 4.69) is 0 Å². The van der Waals surface area contributed by atoms with Crippen molar-refractivity contribution >= 4 is 12.4 Å². The lowest BCUT2D eigenvalue weighted by Crippen LogP contribution is -2.22. The first-order valence-corrected chi connectivity index (χ1v) is 6.87. The molecule has 0 saturated heterocycles. The van der Waals surface area contributed by atoms with E-state index in [1.165, 1.54) is 31.7 Å². The molecule has 1 fully saturated rings. The van der Waals surface area contributed by atoms with Crippen LogP contribution in [-0.2, 0) is 0 Å². The van der Waals surface area contributed by atoms with Crippen molar-refractivity contribution in [1.29, 1.82) is 0 Å². The number of nitrogens with two attached hydrogens (primary N) is 1. The molecular formula is C15H23ClFNO. The van der Waals surface area contributed by atoms with Crippen LogP contribution in [0.15, 0.2) is 24.3 Å². The van der Waals surface area contributed by atoms with Crippen LogP contribution in [0.3, 0.4) is 0 Å². The maximum absolute atomic E-state index is 13.3. The Morgan fingerprint density at radius 1 is 1.11 bits per heavy atom. The molecule has 1 aliphatic carbocycles. The van der Waals surface area contributed by atoms with E-state index < -0.39 is 0 Å². The average Bonchev–Trinajstić information content (AvgIpc) is 2.42. The van der Waals surface area contributed by atoms with Gasteiger partial charge in [-0.25, -0.2) is 4.39 Å². The Morgan fingerprint density at radius 3 is 2.37 bits per heavy atom. The molecule has 4 heteroatoms. The highest BCUT2D eigenvalue weighted by molar-refractivity contribution is 5.85. The Hall–Kier alpha value is -0.800. The van der Waals surface area contributed by atoms with Gasteiger partial charge in [0, 0.05) is 0 Å². The van der Waals surface area contributed by atoms with Crippen LogP contribution in [0.1, 0.15) is 32.1 Å². The molecule has 0 atom stereocenters. The van der Waals surface area contributed by atoms with Crippen molar-refractivity contribution in [3.05, 3.63) is 30.1 Å². The zero-order valence-corrected chi connectivity index (χ0v) is 12.0. The molecule has 1 aromatic carbocycles. The lowest BCUT2D eigenvalue weighted by molar-refractivity contribution is 0.215. The maximum atomic E-state index is 13.3. The third-order valence-corrected chi connectivity index (χ3v) is 3.92. The molecule has 1 saturated carbocycles. The van der Waals surface area contributed by atoms with Crippen LogP contribution >= 0.6 is 12.4 Å². The fourth-order valence-electron chi connectivity index (χ4n) is 2.65. The summed E-state index contributed by atoms with van der Waals surface area (Å²) in [6, 6.07) is 6.59. The molecule has 1 aromatic rings. The molecule has 0 spiro atoms. The molecule has 0 heterocycles. The summed E-state index contributed by atoms with van der Waals surface area (Å²) < 4.78 is 18.8. The molecular weight excluding hydrogens is 265 g/mol. The zero-order chi connectivity index (χ0) is 12.8. The topological polar surface area (TPSA) is 35.2 Å². The highest BCUT2D eigenvalue weighted by Crippen LogP contribution is 2.30. The molecule has 2 N–H and O–H groups in total. The van der Waals surface area contributed by atoms with Gasteiger partial charge in [-0.05, 0) is 49.8 Å². The number of ether oxygens (including phenoxy) is 1. The molecule has 108 valence electrons. The second-order valence-electron chi connectivity index (χ2n) is 5.19. The van der Waals surface area contributed by atoms with E-state index in [0.29, 0.717) is 18.3 Å². The zero-order valence-electron chi connectivity index (χ0n) is 11.2. The normalized spacial score (nSPS) is 22.6. The van der Waals surface area contributed by atoms with Crippen molar-refractivity contribution < 1.29 is 9.13 Å². The molecule has 1 aliphatic rings. The van der Waals surface area contributed by atoms with Crippen molar-refractivity contribution in [1.82, 2.24) is 0 Å².